The van der Waals surface area contributed by atoms with Crippen molar-refractivity contribution in [1.29, 1.82) is 0 Å². The largest absolute Gasteiger partial charge is 0.496 e. The van der Waals surface area contributed by atoms with Gasteiger partial charge in [0.25, 0.3) is 0 Å². The maximum Gasteiger partial charge on any atom is 0.335 e. The van der Waals surface area contributed by atoms with Crippen LogP contribution in [0.4, 0.5) is 0 Å². The summed E-state index contributed by atoms with van der Waals surface area (Å²) in [6.45, 7) is 0. The van der Waals surface area contributed by atoms with Crippen LogP contribution in [0, 0.1) is 0 Å². The first-order valence-corrected chi connectivity index (χ1v) is 9.97. The third kappa shape index (κ3) is 2.89. The number of aryl methyl sites for hydroxylation is 1. The van der Waals surface area contributed by atoms with Gasteiger partial charge in [0, 0.05) is 22.5 Å². The van der Waals surface area contributed by atoms with Crippen LogP contribution in [0.1, 0.15) is 21.6 Å². The molecule has 0 fully saturated rings. The molecule has 0 saturated carbocycles. The Hall–Kier alpha value is -3.79. The van der Waals surface area contributed by atoms with Gasteiger partial charge in [-0.2, -0.15) is 0 Å². The predicted octanol–water partition coefficient (Wildman–Crippen LogP) is 5.62. The zero-order valence-electron chi connectivity index (χ0n) is 16.6. The van der Waals surface area contributed by atoms with Crippen LogP contribution in [-0.2, 0) is 12.8 Å². The summed E-state index contributed by atoms with van der Waals surface area (Å²) < 4.78 is 7.84. The quantitative estimate of drug-likeness (QED) is 0.488. The van der Waals surface area contributed by atoms with Crippen molar-refractivity contribution in [3.05, 3.63) is 95.7 Å². The topological polar surface area (TPSA) is 51.5 Å². The van der Waals surface area contributed by atoms with Crippen molar-refractivity contribution in [3.63, 3.8) is 0 Å². The molecule has 30 heavy (non-hydrogen) atoms. The lowest BCUT2D eigenvalue weighted by molar-refractivity contribution is 0.0697. The highest BCUT2D eigenvalue weighted by molar-refractivity contribution is 5.89. The number of methoxy groups -OCH3 is 1. The van der Waals surface area contributed by atoms with E-state index >= 15 is 0 Å². The van der Waals surface area contributed by atoms with E-state index in [2.05, 4.69) is 34.9 Å². The van der Waals surface area contributed by atoms with Crippen molar-refractivity contribution in [3.8, 4) is 33.8 Å². The van der Waals surface area contributed by atoms with Gasteiger partial charge in [0.05, 0.1) is 18.4 Å². The second-order valence-electron chi connectivity index (χ2n) is 7.44. The number of carboxylic acid groups (broad SMARTS) is 1. The molecule has 0 amide bonds. The normalized spacial score (nSPS) is 12.2. The van der Waals surface area contributed by atoms with Crippen LogP contribution in [0.2, 0.25) is 0 Å². The second-order valence-corrected chi connectivity index (χ2v) is 7.44. The number of rotatable bonds is 4. The highest BCUT2D eigenvalue weighted by Gasteiger charge is 2.25. The van der Waals surface area contributed by atoms with Gasteiger partial charge in [-0.25, -0.2) is 4.79 Å². The maximum atomic E-state index is 11.6. The lowest BCUT2D eigenvalue weighted by atomic mass is 9.90. The summed E-state index contributed by atoms with van der Waals surface area (Å²) >= 11 is 0. The summed E-state index contributed by atoms with van der Waals surface area (Å²) in [6, 6.07) is 25.8. The monoisotopic (exact) mass is 395 g/mol. The number of carbonyl (C=O) groups is 1. The van der Waals surface area contributed by atoms with E-state index in [1.807, 2.05) is 30.3 Å². The molecule has 0 atom stereocenters. The van der Waals surface area contributed by atoms with Crippen molar-refractivity contribution >= 4 is 5.97 Å². The Morgan fingerprint density at radius 2 is 1.63 bits per heavy atom. The number of para-hydroxylation sites is 1. The average molecular weight is 395 g/mol. The van der Waals surface area contributed by atoms with Crippen LogP contribution in [0.3, 0.4) is 0 Å². The van der Waals surface area contributed by atoms with Crippen LogP contribution in [-0.4, -0.2) is 22.8 Å². The fraction of sp³-hybridized carbons (Fsp3) is 0.115. The van der Waals surface area contributed by atoms with Gasteiger partial charge < -0.3 is 14.4 Å². The number of nitrogens with zero attached hydrogens (tertiary/aromatic N) is 1. The minimum absolute atomic E-state index is 0.275. The van der Waals surface area contributed by atoms with Crippen LogP contribution >= 0.6 is 0 Å². The van der Waals surface area contributed by atoms with E-state index in [1.54, 1.807) is 25.3 Å². The van der Waals surface area contributed by atoms with Gasteiger partial charge in [0.15, 0.2) is 0 Å². The predicted molar refractivity (Wildman–Crippen MR) is 118 cm³/mol. The highest BCUT2D eigenvalue weighted by atomic mass is 16.5. The van der Waals surface area contributed by atoms with Crippen molar-refractivity contribution < 1.29 is 14.6 Å². The Kier molecular flexibility index (Phi) is 4.40. The average Bonchev–Trinajstić information content (AvgIpc) is 3.19. The van der Waals surface area contributed by atoms with E-state index in [1.165, 1.54) is 22.4 Å². The van der Waals surface area contributed by atoms with Gasteiger partial charge in [0.2, 0.25) is 0 Å². The lowest BCUT2D eigenvalue weighted by Crippen LogP contribution is -2.09. The van der Waals surface area contributed by atoms with E-state index in [-0.39, 0.29) is 5.56 Å². The Morgan fingerprint density at radius 3 is 2.43 bits per heavy atom. The van der Waals surface area contributed by atoms with E-state index in [0.717, 1.165) is 35.5 Å². The zero-order valence-corrected chi connectivity index (χ0v) is 16.6. The SMILES string of the molecule is COc1ccccc1-c1cc2c(n1-c1cccc(C(=O)O)c1)CCc1ccccc1-2. The van der Waals surface area contributed by atoms with E-state index in [0.29, 0.717) is 0 Å². The fourth-order valence-electron chi connectivity index (χ4n) is 4.41. The Morgan fingerprint density at radius 1 is 0.867 bits per heavy atom. The third-order valence-electron chi connectivity index (χ3n) is 5.78. The molecule has 148 valence electrons. The summed E-state index contributed by atoms with van der Waals surface area (Å²) in [5, 5.41) is 9.51. The molecule has 0 radical (unpaired) electrons. The van der Waals surface area contributed by atoms with Gasteiger partial charge in [-0.1, -0.05) is 42.5 Å². The number of aromatic nitrogens is 1. The molecule has 0 aliphatic heterocycles. The molecule has 0 saturated heterocycles. The first-order valence-electron chi connectivity index (χ1n) is 9.97. The standard InChI is InChI=1S/C26H21NO3/c1-30-25-12-5-4-11-21(25)24-16-22-20-10-3-2-7-17(20)13-14-23(22)27(24)19-9-6-8-18(15-19)26(28)29/h2-12,15-16H,13-14H2,1H3,(H,28,29). The molecule has 1 aromatic heterocycles. The molecular formula is C26H21NO3. The molecule has 0 bridgehead atoms. The zero-order chi connectivity index (χ0) is 20.7. The van der Waals surface area contributed by atoms with Gasteiger partial charge in [-0.15, -0.1) is 0 Å². The van der Waals surface area contributed by atoms with Gasteiger partial charge in [-0.3, -0.25) is 0 Å². The van der Waals surface area contributed by atoms with E-state index in [9.17, 15) is 9.90 Å². The van der Waals surface area contributed by atoms with Crippen LogP contribution in [0.5, 0.6) is 5.75 Å². The molecule has 1 N–H and O–H groups in total. The fourth-order valence-corrected chi connectivity index (χ4v) is 4.41. The number of fused-ring (bicyclic) bond motifs is 3. The summed E-state index contributed by atoms with van der Waals surface area (Å²) in [5.41, 5.74) is 8.06. The molecule has 1 heterocycles. The molecule has 0 unspecified atom stereocenters. The van der Waals surface area contributed by atoms with Crippen LogP contribution in [0.15, 0.2) is 78.9 Å². The third-order valence-corrected chi connectivity index (χ3v) is 5.78. The summed E-state index contributed by atoms with van der Waals surface area (Å²) in [4.78, 5) is 11.6. The van der Waals surface area contributed by atoms with Gasteiger partial charge in [0.1, 0.15) is 5.75 Å². The molecule has 1 aliphatic carbocycles. The van der Waals surface area contributed by atoms with E-state index < -0.39 is 5.97 Å². The van der Waals surface area contributed by atoms with Crippen molar-refractivity contribution in [2.45, 2.75) is 12.8 Å². The van der Waals surface area contributed by atoms with Crippen molar-refractivity contribution in [2.75, 3.05) is 7.11 Å². The molecule has 3 aromatic carbocycles. The summed E-state index contributed by atoms with van der Waals surface area (Å²) in [5.74, 6) is -0.140. The number of ether oxygens (including phenoxy) is 1. The number of hydrogen-bond acceptors (Lipinski definition) is 2. The lowest BCUT2D eigenvalue weighted by Gasteiger charge is -2.20. The molecule has 5 rings (SSSR count). The minimum Gasteiger partial charge on any atom is -0.496 e. The Bertz CT molecular complexity index is 1270. The molecule has 1 aliphatic rings. The Labute approximate surface area is 175 Å². The summed E-state index contributed by atoms with van der Waals surface area (Å²) in [6.07, 6.45) is 1.84. The summed E-state index contributed by atoms with van der Waals surface area (Å²) in [7, 11) is 1.67. The Balaban J connectivity index is 1.82. The number of carboxylic acids is 1. The second kappa shape index (κ2) is 7.23. The number of aromatic carboxylic acids is 1. The van der Waals surface area contributed by atoms with Crippen LogP contribution < -0.4 is 4.74 Å². The smallest absolute Gasteiger partial charge is 0.335 e. The molecule has 4 nitrogen and oxygen atoms in total. The van der Waals surface area contributed by atoms with E-state index in [4.69, 9.17) is 4.74 Å². The first kappa shape index (κ1) is 18.3. The maximum absolute atomic E-state index is 11.6. The molecule has 0 spiro atoms. The highest BCUT2D eigenvalue weighted by Crippen LogP contribution is 2.42. The number of benzene rings is 3. The number of hydrogen-bond donors (Lipinski definition) is 1. The van der Waals surface area contributed by atoms with Crippen LogP contribution in [0.25, 0.3) is 28.1 Å². The van der Waals surface area contributed by atoms with Crippen molar-refractivity contribution in [2.24, 2.45) is 0 Å². The van der Waals surface area contributed by atoms with Crippen molar-refractivity contribution in [1.82, 2.24) is 4.57 Å². The molecular weight excluding hydrogens is 374 g/mol. The van der Waals surface area contributed by atoms with Gasteiger partial charge in [-0.05, 0) is 60.4 Å². The minimum atomic E-state index is -0.929. The molecule has 4 aromatic rings. The first-order chi connectivity index (χ1) is 14.7. The molecule has 4 heteroatoms. The van der Waals surface area contributed by atoms with Gasteiger partial charge >= 0.3 is 5.97 Å².